The Morgan fingerprint density at radius 2 is 1.76 bits per heavy atom. The summed E-state index contributed by atoms with van der Waals surface area (Å²) in [5.74, 6) is -0.213. The van der Waals surface area contributed by atoms with Gasteiger partial charge >= 0.3 is 0 Å². The van der Waals surface area contributed by atoms with Crippen molar-refractivity contribution >= 4 is 47.3 Å². The van der Waals surface area contributed by atoms with Crippen LogP contribution < -0.4 is 4.90 Å². The highest BCUT2D eigenvalue weighted by atomic mass is 79.9. The van der Waals surface area contributed by atoms with Crippen LogP contribution in [0.4, 0.5) is 11.4 Å². The molecule has 0 N–H and O–H groups in total. The van der Waals surface area contributed by atoms with Gasteiger partial charge in [-0.15, -0.1) is 0 Å². The van der Waals surface area contributed by atoms with Crippen LogP contribution >= 0.6 is 15.9 Å². The average molecular weight is 516 g/mol. The SMILES string of the molecule is Cc1cc([N+](=O)[O-])cc(S(=O)(=O)CCN(C)C)c1N(CCBr)CCOS(C)(=O)=O. The lowest BCUT2D eigenvalue weighted by Gasteiger charge is -2.28. The van der Waals surface area contributed by atoms with Gasteiger partial charge in [-0.1, -0.05) is 15.9 Å². The molecule has 1 aromatic carbocycles. The fraction of sp³-hybridized carbons (Fsp3) is 0.625. The topological polar surface area (TPSA) is 127 Å². The van der Waals surface area contributed by atoms with Gasteiger partial charge in [0.05, 0.1) is 34.1 Å². The third kappa shape index (κ3) is 8.16. The summed E-state index contributed by atoms with van der Waals surface area (Å²) in [6, 6.07) is 2.37. The molecule has 1 rings (SSSR count). The van der Waals surface area contributed by atoms with Crippen molar-refractivity contribution < 1.29 is 25.9 Å². The lowest BCUT2D eigenvalue weighted by atomic mass is 10.1. The molecule has 29 heavy (non-hydrogen) atoms. The van der Waals surface area contributed by atoms with Crippen LogP contribution in [-0.2, 0) is 24.1 Å². The Balaban J connectivity index is 3.49. The molecule has 10 nitrogen and oxygen atoms in total. The van der Waals surface area contributed by atoms with Gasteiger partial charge < -0.3 is 9.80 Å². The van der Waals surface area contributed by atoms with Crippen LogP contribution in [0.2, 0.25) is 0 Å². The predicted octanol–water partition coefficient (Wildman–Crippen LogP) is 1.42. The van der Waals surface area contributed by atoms with Gasteiger partial charge in [-0.2, -0.15) is 8.42 Å². The first kappa shape index (κ1) is 25.8. The molecule has 0 unspecified atom stereocenters. The fourth-order valence-corrected chi connectivity index (χ4v) is 5.14. The van der Waals surface area contributed by atoms with Gasteiger partial charge in [-0.3, -0.25) is 14.3 Å². The van der Waals surface area contributed by atoms with Crippen molar-refractivity contribution in [2.45, 2.75) is 11.8 Å². The van der Waals surface area contributed by atoms with Crippen molar-refractivity contribution in [2.24, 2.45) is 0 Å². The molecule has 0 aliphatic carbocycles. The minimum Gasteiger partial charge on any atom is -0.367 e. The van der Waals surface area contributed by atoms with Crippen LogP contribution in [0.25, 0.3) is 0 Å². The lowest BCUT2D eigenvalue weighted by Crippen LogP contribution is -2.32. The molecule has 0 bridgehead atoms. The van der Waals surface area contributed by atoms with Crippen LogP contribution in [0.5, 0.6) is 0 Å². The Hall–Kier alpha value is -1.28. The normalized spacial score (nSPS) is 12.3. The maximum absolute atomic E-state index is 13.0. The molecule has 13 heteroatoms. The molecule has 0 aliphatic heterocycles. The molecule has 0 fully saturated rings. The number of sulfone groups is 1. The number of nitrogens with zero attached hydrogens (tertiary/aromatic N) is 3. The number of anilines is 1. The highest BCUT2D eigenvalue weighted by molar-refractivity contribution is 9.09. The minimum absolute atomic E-state index is 0.0908. The first-order chi connectivity index (χ1) is 13.3. The molecule has 166 valence electrons. The molecule has 0 amide bonds. The summed E-state index contributed by atoms with van der Waals surface area (Å²) in [7, 11) is -4.03. The van der Waals surface area contributed by atoms with Crippen molar-refractivity contribution in [3.8, 4) is 0 Å². The predicted molar refractivity (Wildman–Crippen MR) is 115 cm³/mol. The summed E-state index contributed by atoms with van der Waals surface area (Å²) < 4.78 is 53.3. The van der Waals surface area contributed by atoms with E-state index in [1.807, 2.05) is 0 Å². The zero-order valence-corrected chi connectivity index (χ0v) is 20.0. The van der Waals surface area contributed by atoms with E-state index < -0.39 is 24.9 Å². The van der Waals surface area contributed by atoms with E-state index >= 15 is 0 Å². The number of hydrogen-bond donors (Lipinski definition) is 0. The van der Waals surface area contributed by atoms with Crippen LogP contribution in [0.15, 0.2) is 17.0 Å². The van der Waals surface area contributed by atoms with Crippen molar-refractivity contribution in [1.29, 1.82) is 0 Å². The molecule has 0 saturated heterocycles. The smallest absolute Gasteiger partial charge is 0.271 e. The Morgan fingerprint density at radius 1 is 1.14 bits per heavy atom. The minimum atomic E-state index is -3.84. The molecule has 0 aliphatic rings. The number of halogens is 1. The summed E-state index contributed by atoms with van der Waals surface area (Å²) in [5, 5.41) is 11.8. The second-order valence-corrected chi connectivity index (χ2v) is 11.2. The molecule has 0 saturated carbocycles. The van der Waals surface area contributed by atoms with Crippen molar-refractivity contribution in [3.05, 3.63) is 27.8 Å². The fourth-order valence-electron chi connectivity index (χ4n) is 2.63. The van der Waals surface area contributed by atoms with Crippen LogP contribution in [0.1, 0.15) is 5.56 Å². The van der Waals surface area contributed by atoms with Crippen LogP contribution in [-0.4, -0.2) is 84.3 Å². The molecule has 1 aromatic rings. The van der Waals surface area contributed by atoms with Crippen LogP contribution in [0, 0.1) is 17.0 Å². The van der Waals surface area contributed by atoms with Gasteiger partial charge in [0.1, 0.15) is 0 Å². The monoisotopic (exact) mass is 515 g/mol. The highest BCUT2D eigenvalue weighted by Gasteiger charge is 2.27. The molecular weight excluding hydrogens is 490 g/mol. The van der Waals surface area contributed by atoms with Gasteiger partial charge in [-0.25, -0.2) is 8.42 Å². The molecule has 0 heterocycles. The Bertz CT molecular complexity index is 934. The Morgan fingerprint density at radius 3 is 2.24 bits per heavy atom. The van der Waals surface area contributed by atoms with Crippen molar-refractivity contribution in [1.82, 2.24) is 4.90 Å². The number of non-ortho nitro benzene ring substituents is 1. The largest absolute Gasteiger partial charge is 0.367 e. The number of alkyl halides is 1. The summed E-state index contributed by atoms with van der Waals surface area (Å²) in [6.07, 6.45) is 0.927. The molecule has 0 aromatic heterocycles. The number of hydrogen-bond acceptors (Lipinski definition) is 9. The second-order valence-electron chi connectivity index (χ2n) is 6.69. The van der Waals surface area contributed by atoms with E-state index in [1.54, 1.807) is 30.8 Å². The number of benzene rings is 1. The zero-order chi connectivity index (χ0) is 22.4. The summed E-state index contributed by atoms with van der Waals surface area (Å²) >= 11 is 3.30. The molecular formula is C16H26BrN3O7S2. The number of aryl methyl sites for hydroxylation is 1. The average Bonchev–Trinajstić information content (AvgIpc) is 2.57. The third-order valence-electron chi connectivity index (χ3n) is 3.93. The van der Waals surface area contributed by atoms with E-state index in [0.717, 1.165) is 12.3 Å². The van der Waals surface area contributed by atoms with Crippen molar-refractivity contribution in [2.75, 3.05) is 62.6 Å². The molecule has 0 radical (unpaired) electrons. The lowest BCUT2D eigenvalue weighted by molar-refractivity contribution is -0.385. The third-order valence-corrected chi connectivity index (χ3v) is 6.58. The van der Waals surface area contributed by atoms with Gasteiger partial charge in [-0.05, 0) is 26.6 Å². The van der Waals surface area contributed by atoms with E-state index in [9.17, 15) is 26.9 Å². The summed E-state index contributed by atoms with van der Waals surface area (Å²) in [5.41, 5.74) is 0.398. The van der Waals surface area contributed by atoms with Gasteiger partial charge in [0.15, 0.2) is 9.84 Å². The first-order valence-corrected chi connectivity index (χ1v) is 13.2. The van der Waals surface area contributed by atoms with E-state index in [0.29, 0.717) is 23.1 Å². The maximum atomic E-state index is 13.0. The number of rotatable bonds is 12. The van der Waals surface area contributed by atoms with Crippen LogP contribution in [0.3, 0.4) is 0 Å². The zero-order valence-electron chi connectivity index (χ0n) is 16.8. The van der Waals surface area contributed by atoms with Gasteiger partial charge in [0, 0.05) is 37.1 Å². The van der Waals surface area contributed by atoms with Gasteiger partial charge in [0.25, 0.3) is 15.8 Å². The molecule has 0 atom stereocenters. The van der Waals surface area contributed by atoms with E-state index in [2.05, 4.69) is 15.9 Å². The first-order valence-electron chi connectivity index (χ1n) is 8.60. The summed E-state index contributed by atoms with van der Waals surface area (Å²) in [4.78, 5) is 13.9. The Kier molecular flexibility index (Phi) is 9.47. The van der Waals surface area contributed by atoms with E-state index in [4.69, 9.17) is 4.18 Å². The highest BCUT2D eigenvalue weighted by Crippen LogP contribution is 2.34. The standard InChI is InChI=1S/C16H26BrN3O7S2/c1-13-11-14(20(21)22)12-15(29(25,26)10-8-18(2)3)16(13)19(6-5-17)7-9-27-28(4,23)24/h11-12H,5-10H2,1-4H3. The number of nitro groups is 1. The Labute approximate surface area is 180 Å². The molecule has 0 spiro atoms. The van der Waals surface area contributed by atoms with E-state index in [-0.39, 0.29) is 36.0 Å². The van der Waals surface area contributed by atoms with E-state index in [1.165, 1.54) is 6.07 Å². The van der Waals surface area contributed by atoms with Gasteiger partial charge in [0.2, 0.25) is 0 Å². The maximum Gasteiger partial charge on any atom is 0.271 e. The summed E-state index contributed by atoms with van der Waals surface area (Å²) in [6.45, 7) is 2.10. The van der Waals surface area contributed by atoms with Crippen molar-refractivity contribution in [3.63, 3.8) is 0 Å². The number of nitro benzene ring substituents is 1. The second kappa shape index (κ2) is 10.7. The quantitative estimate of drug-likeness (QED) is 0.175.